The van der Waals surface area contributed by atoms with Crippen molar-refractivity contribution in [2.45, 2.75) is 25.7 Å². The first-order valence-electron chi connectivity index (χ1n) is 8.96. The Labute approximate surface area is 157 Å². The lowest BCUT2D eigenvalue weighted by atomic mass is 10.1. The normalized spacial score (nSPS) is 16.7. The zero-order chi connectivity index (χ0) is 18.4. The number of fused-ring (bicyclic) bond motifs is 1. The molecule has 0 spiro atoms. The Balaban J connectivity index is 1.43. The lowest BCUT2D eigenvalue weighted by Crippen LogP contribution is -2.36. The van der Waals surface area contributed by atoms with Crippen LogP contribution in [0.4, 0.5) is 0 Å². The Morgan fingerprint density at radius 1 is 1.12 bits per heavy atom. The van der Waals surface area contributed by atoms with Crippen LogP contribution in [0, 0.1) is 5.92 Å². The van der Waals surface area contributed by atoms with E-state index < -0.39 is 0 Å². The lowest BCUT2D eigenvalue weighted by molar-refractivity contribution is -0.125. The van der Waals surface area contributed by atoms with E-state index in [1.54, 1.807) is 18.2 Å². The molecule has 140 valence electrons. The lowest BCUT2D eigenvalue weighted by Gasteiger charge is -2.19. The third kappa shape index (κ3) is 4.91. The van der Waals surface area contributed by atoms with Gasteiger partial charge in [0.1, 0.15) is 13.2 Å². The number of carbonyl (C=O) groups is 2. The molecule has 0 bridgehead atoms. The highest BCUT2D eigenvalue weighted by molar-refractivity contribution is 6.32. The number of hydrogen-bond acceptors (Lipinski definition) is 4. The summed E-state index contributed by atoms with van der Waals surface area (Å²) in [5.74, 6) is 1.13. The molecule has 0 atom stereocenters. The fraction of sp³-hybridized carbons (Fsp3) is 0.474. The van der Waals surface area contributed by atoms with Crippen molar-refractivity contribution < 1.29 is 19.1 Å². The van der Waals surface area contributed by atoms with Crippen molar-refractivity contribution in [3.8, 4) is 11.5 Å². The average Bonchev–Trinajstić information content (AvgIpc) is 3.18. The van der Waals surface area contributed by atoms with Crippen molar-refractivity contribution in [3.63, 3.8) is 0 Å². The van der Waals surface area contributed by atoms with Gasteiger partial charge in [0.15, 0.2) is 11.5 Å². The monoisotopic (exact) mass is 378 g/mol. The maximum Gasteiger partial charge on any atom is 0.244 e. The highest BCUT2D eigenvalue weighted by Crippen LogP contribution is 2.38. The van der Waals surface area contributed by atoms with Gasteiger partial charge in [-0.25, -0.2) is 0 Å². The Morgan fingerprint density at radius 2 is 1.85 bits per heavy atom. The molecule has 1 aliphatic heterocycles. The van der Waals surface area contributed by atoms with Crippen LogP contribution in [0.15, 0.2) is 18.2 Å². The van der Waals surface area contributed by atoms with E-state index in [0.717, 1.165) is 31.2 Å². The molecular formula is C19H23ClN2O4. The smallest absolute Gasteiger partial charge is 0.244 e. The van der Waals surface area contributed by atoms with Crippen molar-refractivity contribution in [2.75, 3.05) is 26.3 Å². The molecule has 1 fully saturated rings. The molecule has 0 unspecified atom stereocenters. The summed E-state index contributed by atoms with van der Waals surface area (Å²) in [6.07, 6.45) is 7.29. The predicted molar refractivity (Wildman–Crippen MR) is 99.5 cm³/mol. The summed E-state index contributed by atoms with van der Waals surface area (Å²) < 4.78 is 11.0. The van der Waals surface area contributed by atoms with Gasteiger partial charge in [0.05, 0.1) is 5.02 Å². The average molecular weight is 379 g/mol. The van der Waals surface area contributed by atoms with E-state index in [9.17, 15) is 9.59 Å². The van der Waals surface area contributed by atoms with Crippen molar-refractivity contribution in [3.05, 3.63) is 28.8 Å². The van der Waals surface area contributed by atoms with Gasteiger partial charge in [0, 0.05) is 25.1 Å². The molecule has 0 saturated heterocycles. The molecule has 0 aromatic heterocycles. The van der Waals surface area contributed by atoms with Crippen LogP contribution in [0.2, 0.25) is 5.02 Å². The second-order valence-electron chi connectivity index (χ2n) is 6.42. The number of carbonyl (C=O) groups excluding carboxylic acids is 2. The van der Waals surface area contributed by atoms with Crippen molar-refractivity contribution in [1.29, 1.82) is 0 Å². The number of rotatable bonds is 6. The Morgan fingerprint density at radius 3 is 2.65 bits per heavy atom. The zero-order valence-corrected chi connectivity index (χ0v) is 15.3. The molecule has 26 heavy (non-hydrogen) atoms. The Hall–Kier alpha value is -2.21. The first kappa shape index (κ1) is 18.6. The SMILES string of the molecule is O=C(/C=C/c1cc(Cl)c2c(c1)OCCO2)NCCNC(=O)C1CCCC1. The minimum absolute atomic E-state index is 0.0956. The van der Waals surface area contributed by atoms with Crippen LogP contribution >= 0.6 is 11.6 Å². The van der Waals surface area contributed by atoms with Crippen LogP contribution in [0.3, 0.4) is 0 Å². The highest BCUT2D eigenvalue weighted by Gasteiger charge is 2.21. The van der Waals surface area contributed by atoms with Crippen LogP contribution in [-0.2, 0) is 9.59 Å². The maximum absolute atomic E-state index is 11.9. The van der Waals surface area contributed by atoms with Gasteiger partial charge >= 0.3 is 0 Å². The zero-order valence-electron chi connectivity index (χ0n) is 14.6. The largest absolute Gasteiger partial charge is 0.486 e. The van der Waals surface area contributed by atoms with E-state index in [4.69, 9.17) is 21.1 Å². The van der Waals surface area contributed by atoms with E-state index in [0.29, 0.717) is 42.8 Å². The summed E-state index contributed by atoms with van der Waals surface area (Å²) in [5, 5.41) is 6.07. The summed E-state index contributed by atoms with van der Waals surface area (Å²) in [7, 11) is 0. The van der Waals surface area contributed by atoms with Crippen LogP contribution in [-0.4, -0.2) is 38.1 Å². The molecule has 2 N–H and O–H groups in total. The molecule has 1 aliphatic carbocycles. The van der Waals surface area contributed by atoms with Crippen LogP contribution in [0.25, 0.3) is 6.08 Å². The van der Waals surface area contributed by atoms with Gasteiger partial charge in [-0.05, 0) is 36.6 Å². The minimum atomic E-state index is -0.230. The number of nitrogens with one attached hydrogen (secondary N) is 2. The van der Waals surface area contributed by atoms with Gasteiger partial charge in [-0.2, -0.15) is 0 Å². The van der Waals surface area contributed by atoms with Crippen molar-refractivity contribution in [2.24, 2.45) is 5.92 Å². The van der Waals surface area contributed by atoms with E-state index in [-0.39, 0.29) is 17.7 Å². The number of amides is 2. The minimum Gasteiger partial charge on any atom is -0.486 e. The second kappa shape index (κ2) is 8.94. The first-order valence-corrected chi connectivity index (χ1v) is 9.34. The van der Waals surface area contributed by atoms with Gasteiger partial charge in [-0.15, -0.1) is 0 Å². The number of hydrogen-bond donors (Lipinski definition) is 2. The second-order valence-corrected chi connectivity index (χ2v) is 6.83. The fourth-order valence-electron chi connectivity index (χ4n) is 3.16. The van der Waals surface area contributed by atoms with Crippen LogP contribution in [0.5, 0.6) is 11.5 Å². The van der Waals surface area contributed by atoms with Crippen LogP contribution < -0.4 is 20.1 Å². The number of ether oxygens (including phenoxy) is 2. The molecular weight excluding hydrogens is 356 g/mol. The van der Waals surface area contributed by atoms with Gasteiger partial charge in [-0.1, -0.05) is 24.4 Å². The van der Waals surface area contributed by atoms with Crippen molar-refractivity contribution in [1.82, 2.24) is 10.6 Å². The summed E-state index contributed by atoms with van der Waals surface area (Å²) in [6.45, 7) is 1.78. The van der Waals surface area contributed by atoms with Gasteiger partial charge in [0.25, 0.3) is 0 Å². The highest BCUT2D eigenvalue weighted by atomic mass is 35.5. The molecule has 2 amide bonds. The fourth-order valence-corrected chi connectivity index (χ4v) is 3.44. The molecule has 1 heterocycles. The summed E-state index contributed by atoms with van der Waals surface area (Å²) in [5.41, 5.74) is 0.754. The third-order valence-electron chi connectivity index (χ3n) is 4.50. The van der Waals surface area contributed by atoms with E-state index >= 15 is 0 Å². The summed E-state index contributed by atoms with van der Waals surface area (Å²) in [4.78, 5) is 23.8. The molecule has 6 nitrogen and oxygen atoms in total. The van der Waals surface area contributed by atoms with Crippen molar-refractivity contribution >= 4 is 29.5 Å². The quantitative estimate of drug-likeness (QED) is 0.589. The predicted octanol–water partition coefficient (Wildman–Crippen LogP) is 2.55. The Bertz CT molecular complexity index is 699. The summed E-state index contributed by atoms with van der Waals surface area (Å²) in [6, 6.07) is 3.51. The molecule has 3 rings (SSSR count). The van der Waals surface area contributed by atoms with E-state index in [2.05, 4.69) is 10.6 Å². The van der Waals surface area contributed by atoms with E-state index in [1.807, 2.05) is 0 Å². The first-order chi connectivity index (χ1) is 12.6. The topological polar surface area (TPSA) is 76.7 Å². The van der Waals surface area contributed by atoms with Gasteiger partial charge in [0.2, 0.25) is 11.8 Å². The Kier molecular flexibility index (Phi) is 6.39. The van der Waals surface area contributed by atoms with Gasteiger partial charge in [-0.3, -0.25) is 9.59 Å². The molecule has 1 aromatic carbocycles. The number of benzene rings is 1. The molecule has 0 radical (unpaired) electrons. The maximum atomic E-state index is 11.9. The summed E-state index contributed by atoms with van der Waals surface area (Å²) >= 11 is 6.17. The van der Waals surface area contributed by atoms with Crippen LogP contribution in [0.1, 0.15) is 31.2 Å². The molecule has 1 aromatic rings. The molecule has 7 heteroatoms. The third-order valence-corrected chi connectivity index (χ3v) is 4.78. The molecule has 2 aliphatic rings. The number of halogens is 1. The standard InChI is InChI=1S/C19H23ClN2O4/c20-15-11-13(12-16-18(15)26-10-9-25-16)5-6-17(23)21-7-8-22-19(24)14-3-1-2-4-14/h5-6,11-12,14H,1-4,7-10H2,(H,21,23)(H,22,24)/b6-5+. The van der Waals surface area contributed by atoms with E-state index in [1.165, 1.54) is 6.08 Å². The molecule has 1 saturated carbocycles. The van der Waals surface area contributed by atoms with Gasteiger partial charge < -0.3 is 20.1 Å².